The number of rotatable bonds is 0. The summed E-state index contributed by atoms with van der Waals surface area (Å²) in [6.07, 6.45) is 1.24. The maximum absolute atomic E-state index is 4.53. The molecule has 3 atom stereocenters. The maximum Gasteiger partial charge on any atom is 0.00745 e. The van der Waals surface area contributed by atoms with Crippen LogP contribution in [0, 0.1) is 5.92 Å². The van der Waals surface area contributed by atoms with E-state index in [1.807, 2.05) is 0 Å². The molecular weight excluding hydrogens is 142 g/mol. The van der Waals surface area contributed by atoms with Gasteiger partial charge in [0.05, 0.1) is 0 Å². The van der Waals surface area contributed by atoms with Crippen LogP contribution in [-0.4, -0.2) is 29.8 Å². The Morgan fingerprint density at radius 1 is 1.40 bits per heavy atom. The molecule has 0 aliphatic carbocycles. The van der Waals surface area contributed by atoms with Gasteiger partial charge in [0.2, 0.25) is 0 Å². The Bertz CT molecular complexity index is 89.8. The average Bonchev–Trinajstić information content (AvgIpc) is 1.84. The van der Waals surface area contributed by atoms with Crippen LogP contribution in [0.2, 0.25) is 0 Å². The van der Waals surface area contributed by atoms with Crippen molar-refractivity contribution >= 4 is 12.6 Å². The van der Waals surface area contributed by atoms with Crippen molar-refractivity contribution in [2.45, 2.75) is 31.6 Å². The smallest absolute Gasteiger partial charge is 0.00745 e. The van der Waals surface area contributed by atoms with Crippen molar-refractivity contribution in [2.75, 3.05) is 13.6 Å². The van der Waals surface area contributed by atoms with Crippen LogP contribution in [0.15, 0.2) is 0 Å². The second kappa shape index (κ2) is 3.14. The standard InChI is InChI=1S/C8H17NS/c1-6-5-9(3)7(2)4-8(6)10/h6-8,10H,4-5H2,1-3H3. The quantitative estimate of drug-likeness (QED) is 0.526. The molecule has 2 heteroatoms. The third-order valence-corrected chi connectivity index (χ3v) is 3.29. The van der Waals surface area contributed by atoms with Gasteiger partial charge in [-0.15, -0.1) is 0 Å². The third kappa shape index (κ3) is 1.67. The molecule has 0 amide bonds. The topological polar surface area (TPSA) is 3.24 Å². The minimum absolute atomic E-state index is 0.617. The molecule has 1 heterocycles. The predicted molar refractivity (Wildman–Crippen MR) is 48.6 cm³/mol. The summed E-state index contributed by atoms with van der Waals surface area (Å²) in [7, 11) is 2.20. The largest absolute Gasteiger partial charge is 0.303 e. The van der Waals surface area contributed by atoms with Crippen molar-refractivity contribution in [1.82, 2.24) is 4.90 Å². The van der Waals surface area contributed by atoms with E-state index in [1.165, 1.54) is 13.0 Å². The monoisotopic (exact) mass is 159 g/mol. The van der Waals surface area contributed by atoms with Gasteiger partial charge in [-0.1, -0.05) is 6.92 Å². The molecular formula is C8H17NS. The Morgan fingerprint density at radius 2 is 2.00 bits per heavy atom. The van der Waals surface area contributed by atoms with E-state index in [0.29, 0.717) is 5.25 Å². The summed E-state index contributed by atoms with van der Waals surface area (Å²) in [5.41, 5.74) is 0. The van der Waals surface area contributed by atoms with Gasteiger partial charge in [0, 0.05) is 17.8 Å². The van der Waals surface area contributed by atoms with E-state index < -0.39 is 0 Å². The van der Waals surface area contributed by atoms with Gasteiger partial charge in [-0.2, -0.15) is 12.6 Å². The zero-order valence-electron chi connectivity index (χ0n) is 7.04. The van der Waals surface area contributed by atoms with E-state index in [1.54, 1.807) is 0 Å². The first-order valence-corrected chi connectivity index (χ1v) is 4.51. The molecule has 3 unspecified atom stereocenters. The lowest BCUT2D eigenvalue weighted by atomic mass is 9.95. The molecule has 0 spiro atoms. The molecule has 1 rings (SSSR count). The van der Waals surface area contributed by atoms with Crippen LogP contribution in [0.5, 0.6) is 0 Å². The molecule has 1 fully saturated rings. The lowest BCUT2D eigenvalue weighted by Gasteiger charge is -2.37. The zero-order valence-corrected chi connectivity index (χ0v) is 7.94. The van der Waals surface area contributed by atoms with E-state index >= 15 is 0 Å². The second-order valence-corrected chi connectivity index (χ2v) is 4.23. The summed E-state index contributed by atoms with van der Waals surface area (Å²) in [6, 6.07) is 0.721. The Balaban J connectivity index is 2.46. The van der Waals surface area contributed by atoms with Gasteiger partial charge in [0.25, 0.3) is 0 Å². The molecule has 1 saturated heterocycles. The highest BCUT2D eigenvalue weighted by Gasteiger charge is 2.25. The number of piperidine rings is 1. The normalized spacial score (nSPS) is 43.8. The van der Waals surface area contributed by atoms with Crippen molar-refractivity contribution in [3.05, 3.63) is 0 Å². The van der Waals surface area contributed by atoms with Crippen LogP contribution < -0.4 is 0 Å². The van der Waals surface area contributed by atoms with Crippen LogP contribution in [-0.2, 0) is 0 Å². The highest BCUT2D eigenvalue weighted by molar-refractivity contribution is 7.81. The van der Waals surface area contributed by atoms with Gasteiger partial charge in [-0.05, 0) is 26.3 Å². The molecule has 60 valence electrons. The zero-order chi connectivity index (χ0) is 7.72. The van der Waals surface area contributed by atoms with Crippen molar-refractivity contribution < 1.29 is 0 Å². The Morgan fingerprint density at radius 3 is 2.50 bits per heavy atom. The SMILES string of the molecule is CC1CN(C)C(C)CC1S. The highest BCUT2D eigenvalue weighted by atomic mass is 32.1. The van der Waals surface area contributed by atoms with Crippen LogP contribution in [0.3, 0.4) is 0 Å². The van der Waals surface area contributed by atoms with E-state index in [2.05, 4.69) is 38.4 Å². The maximum atomic E-state index is 4.53. The summed E-state index contributed by atoms with van der Waals surface area (Å²) >= 11 is 4.53. The Hall–Kier alpha value is 0.310. The van der Waals surface area contributed by atoms with E-state index in [4.69, 9.17) is 0 Å². The van der Waals surface area contributed by atoms with Gasteiger partial charge >= 0.3 is 0 Å². The van der Waals surface area contributed by atoms with Crippen LogP contribution in [0.1, 0.15) is 20.3 Å². The summed E-state index contributed by atoms with van der Waals surface area (Å²) in [4.78, 5) is 2.41. The van der Waals surface area contributed by atoms with Crippen molar-refractivity contribution in [1.29, 1.82) is 0 Å². The Kier molecular flexibility index (Phi) is 2.64. The fourth-order valence-corrected chi connectivity index (χ4v) is 1.92. The number of thiol groups is 1. The number of nitrogens with zero attached hydrogens (tertiary/aromatic N) is 1. The first kappa shape index (κ1) is 8.41. The molecule has 1 aliphatic heterocycles. The summed E-state index contributed by atoms with van der Waals surface area (Å²) in [5, 5.41) is 0.617. The third-order valence-electron chi connectivity index (χ3n) is 2.57. The minimum Gasteiger partial charge on any atom is -0.303 e. The second-order valence-electron chi connectivity index (χ2n) is 3.57. The first-order chi connectivity index (χ1) is 4.61. The Labute approximate surface area is 69.2 Å². The molecule has 0 bridgehead atoms. The fourth-order valence-electron chi connectivity index (χ4n) is 1.52. The van der Waals surface area contributed by atoms with Gasteiger partial charge in [-0.25, -0.2) is 0 Å². The number of hydrogen-bond donors (Lipinski definition) is 1. The van der Waals surface area contributed by atoms with E-state index in [0.717, 1.165) is 12.0 Å². The predicted octanol–water partition coefficient (Wildman–Crippen LogP) is 1.64. The molecule has 0 N–H and O–H groups in total. The average molecular weight is 159 g/mol. The lowest BCUT2D eigenvalue weighted by Crippen LogP contribution is -2.43. The molecule has 0 aromatic carbocycles. The van der Waals surface area contributed by atoms with Crippen molar-refractivity contribution in [3.63, 3.8) is 0 Å². The summed E-state index contributed by atoms with van der Waals surface area (Å²) in [5.74, 6) is 0.754. The highest BCUT2D eigenvalue weighted by Crippen LogP contribution is 2.24. The minimum atomic E-state index is 0.617. The van der Waals surface area contributed by atoms with Gasteiger partial charge in [0.15, 0.2) is 0 Å². The summed E-state index contributed by atoms with van der Waals surface area (Å²) < 4.78 is 0. The molecule has 1 nitrogen and oxygen atoms in total. The molecule has 0 radical (unpaired) electrons. The molecule has 1 aliphatic rings. The van der Waals surface area contributed by atoms with Crippen LogP contribution in [0.4, 0.5) is 0 Å². The first-order valence-electron chi connectivity index (χ1n) is 3.99. The van der Waals surface area contributed by atoms with Crippen molar-refractivity contribution in [3.8, 4) is 0 Å². The summed E-state index contributed by atoms with van der Waals surface area (Å²) in [6.45, 7) is 5.75. The van der Waals surface area contributed by atoms with Gasteiger partial charge in [0.1, 0.15) is 0 Å². The molecule has 0 aromatic heterocycles. The van der Waals surface area contributed by atoms with Gasteiger partial charge in [-0.3, -0.25) is 0 Å². The van der Waals surface area contributed by atoms with Gasteiger partial charge < -0.3 is 4.90 Å². The number of hydrogen-bond acceptors (Lipinski definition) is 2. The van der Waals surface area contributed by atoms with Crippen molar-refractivity contribution in [2.24, 2.45) is 5.92 Å². The lowest BCUT2D eigenvalue weighted by molar-refractivity contribution is 0.164. The van der Waals surface area contributed by atoms with Crippen LogP contribution >= 0.6 is 12.6 Å². The molecule has 10 heavy (non-hydrogen) atoms. The molecule has 0 saturated carbocycles. The van der Waals surface area contributed by atoms with E-state index in [-0.39, 0.29) is 0 Å². The fraction of sp³-hybridized carbons (Fsp3) is 1.00. The van der Waals surface area contributed by atoms with Crippen LogP contribution in [0.25, 0.3) is 0 Å². The molecule has 0 aromatic rings. The number of likely N-dealkylation sites (tertiary alicyclic amines) is 1. The van der Waals surface area contributed by atoms with E-state index in [9.17, 15) is 0 Å².